The molecular weight excluding hydrogens is 139 g/mol. The van der Waals surface area contributed by atoms with E-state index in [1.807, 2.05) is 25.1 Å². The van der Waals surface area contributed by atoms with Crippen molar-refractivity contribution in [2.45, 2.75) is 26.9 Å². The zero-order valence-corrected chi connectivity index (χ0v) is 7.02. The third-order valence-electron chi connectivity index (χ3n) is 1.94. The Morgan fingerprint density at radius 3 is 2.55 bits per heavy atom. The molecule has 0 nitrogen and oxygen atoms in total. The summed E-state index contributed by atoms with van der Waals surface area (Å²) in [6.07, 6.45) is 1.03. The van der Waals surface area contributed by atoms with E-state index in [9.17, 15) is 4.39 Å². The van der Waals surface area contributed by atoms with Crippen molar-refractivity contribution in [3.63, 3.8) is 0 Å². The van der Waals surface area contributed by atoms with E-state index in [1.54, 1.807) is 0 Å². The van der Waals surface area contributed by atoms with E-state index < -0.39 is 0 Å². The fraction of sp³-hybridized carbons (Fsp3) is 0.400. The highest BCUT2D eigenvalue weighted by atomic mass is 19.1. The largest absolute Gasteiger partial charge is 0.246 e. The standard InChI is InChI=1S/C10H13F/c1-3-10-5-4-9(7-11)6-8(10)2/h4-6H,3,7H2,1-2H3. The van der Waals surface area contributed by atoms with Crippen LogP contribution in [-0.2, 0) is 13.1 Å². The van der Waals surface area contributed by atoms with Crippen molar-refractivity contribution in [2.24, 2.45) is 0 Å². The highest BCUT2D eigenvalue weighted by Crippen LogP contribution is 2.12. The van der Waals surface area contributed by atoms with E-state index in [4.69, 9.17) is 0 Å². The Kier molecular flexibility index (Phi) is 2.64. The van der Waals surface area contributed by atoms with E-state index in [0.717, 1.165) is 12.0 Å². The van der Waals surface area contributed by atoms with Crippen molar-refractivity contribution in [3.05, 3.63) is 34.9 Å². The van der Waals surface area contributed by atoms with Crippen molar-refractivity contribution >= 4 is 0 Å². The van der Waals surface area contributed by atoms with Gasteiger partial charge in [0, 0.05) is 0 Å². The number of hydrogen-bond donors (Lipinski definition) is 0. The van der Waals surface area contributed by atoms with Gasteiger partial charge in [-0.3, -0.25) is 0 Å². The second-order valence-electron chi connectivity index (χ2n) is 2.75. The van der Waals surface area contributed by atoms with Crippen LogP contribution in [-0.4, -0.2) is 0 Å². The van der Waals surface area contributed by atoms with Gasteiger partial charge in [-0.2, -0.15) is 0 Å². The summed E-state index contributed by atoms with van der Waals surface area (Å²) in [5, 5.41) is 0. The number of alkyl halides is 1. The van der Waals surface area contributed by atoms with Crippen LogP contribution in [0.4, 0.5) is 4.39 Å². The summed E-state index contributed by atoms with van der Waals surface area (Å²) < 4.78 is 12.1. The average Bonchev–Trinajstić information content (AvgIpc) is 2.04. The average molecular weight is 152 g/mol. The summed E-state index contributed by atoms with van der Waals surface area (Å²) >= 11 is 0. The molecule has 0 atom stereocenters. The Bertz CT molecular complexity index is 241. The Morgan fingerprint density at radius 1 is 1.36 bits per heavy atom. The minimum atomic E-state index is -0.356. The van der Waals surface area contributed by atoms with Gasteiger partial charge in [0.05, 0.1) is 0 Å². The highest BCUT2D eigenvalue weighted by Gasteiger charge is 1.96. The second-order valence-corrected chi connectivity index (χ2v) is 2.75. The second kappa shape index (κ2) is 3.51. The molecule has 0 saturated carbocycles. The van der Waals surface area contributed by atoms with Gasteiger partial charge < -0.3 is 0 Å². The minimum absolute atomic E-state index is 0.356. The molecule has 0 heterocycles. The summed E-state index contributed by atoms with van der Waals surface area (Å²) in [5.74, 6) is 0. The topological polar surface area (TPSA) is 0 Å². The first-order valence-corrected chi connectivity index (χ1v) is 3.92. The van der Waals surface area contributed by atoms with Crippen LogP contribution in [0.1, 0.15) is 23.6 Å². The van der Waals surface area contributed by atoms with Crippen LogP contribution in [0, 0.1) is 6.92 Å². The molecule has 0 spiro atoms. The molecule has 1 rings (SSSR count). The van der Waals surface area contributed by atoms with Crippen LogP contribution in [0.15, 0.2) is 18.2 Å². The first-order chi connectivity index (χ1) is 5.27. The molecule has 0 bridgehead atoms. The van der Waals surface area contributed by atoms with Crippen molar-refractivity contribution in [1.29, 1.82) is 0 Å². The lowest BCUT2D eigenvalue weighted by molar-refractivity contribution is 0.485. The molecule has 1 aromatic carbocycles. The SMILES string of the molecule is CCc1ccc(CF)cc1C. The van der Waals surface area contributed by atoms with Crippen LogP contribution in [0.25, 0.3) is 0 Å². The number of hydrogen-bond acceptors (Lipinski definition) is 0. The zero-order chi connectivity index (χ0) is 8.27. The van der Waals surface area contributed by atoms with Crippen LogP contribution < -0.4 is 0 Å². The number of halogens is 1. The predicted octanol–water partition coefficient (Wildman–Crippen LogP) is 3.03. The fourth-order valence-corrected chi connectivity index (χ4v) is 1.24. The number of benzene rings is 1. The first kappa shape index (κ1) is 8.25. The minimum Gasteiger partial charge on any atom is -0.246 e. The normalized spacial score (nSPS) is 10.1. The molecule has 0 unspecified atom stereocenters. The van der Waals surface area contributed by atoms with E-state index in [1.165, 1.54) is 11.1 Å². The Labute approximate surface area is 67.1 Å². The van der Waals surface area contributed by atoms with Crippen LogP contribution in [0.3, 0.4) is 0 Å². The third-order valence-corrected chi connectivity index (χ3v) is 1.94. The maximum atomic E-state index is 12.1. The van der Waals surface area contributed by atoms with Crippen molar-refractivity contribution in [3.8, 4) is 0 Å². The molecule has 0 amide bonds. The molecule has 1 aromatic rings. The monoisotopic (exact) mass is 152 g/mol. The van der Waals surface area contributed by atoms with Gasteiger partial charge in [0.15, 0.2) is 0 Å². The molecule has 1 heteroatoms. The van der Waals surface area contributed by atoms with E-state index >= 15 is 0 Å². The van der Waals surface area contributed by atoms with Gasteiger partial charge in [0.1, 0.15) is 6.67 Å². The Balaban J connectivity index is 2.99. The molecule has 0 aromatic heterocycles. The quantitative estimate of drug-likeness (QED) is 0.611. The van der Waals surface area contributed by atoms with Crippen molar-refractivity contribution in [2.75, 3.05) is 0 Å². The maximum Gasteiger partial charge on any atom is 0.115 e. The summed E-state index contributed by atoms with van der Waals surface area (Å²) in [4.78, 5) is 0. The Morgan fingerprint density at radius 2 is 2.09 bits per heavy atom. The molecule has 0 aliphatic carbocycles. The van der Waals surface area contributed by atoms with E-state index in [-0.39, 0.29) is 6.67 Å². The molecule has 0 radical (unpaired) electrons. The smallest absolute Gasteiger partial charge is 0.115 e. The maximum absolute atomic E-state index is 12.1. The van der Waals surface area contributed by atoms with Crippen molar-refractivity contribution in [1.82, 2.24) is 0 Å². The first-order valence-electron chi connectivity index (χ1n) is 3.92. The molecule has 60 valence electrons. The van der Waals surface area contributed by atoms with Crippen LogP contribution in [0.5, 0.6) is 0 Å². The molecule has 0 aliphatic rings. The lowest BCUT2D eigenvalue weighted by atomic mass is 10.0. The third kappa shape index (κ3) is 1.79. The van der Waals surface area contributed by atoms with Gasteiger partial charge in [-0.05, 0) is 30.0 Å². The molecule has 0 fully saturated rings. The fourth-order valence-electron chi connectivity index (χ4n) is 1.24. The van der Waals surface area contributed by atoms with Crippen molar-refractivity contribution < 1.29 is 4.39 Å². The molecule has 11 heavy (non-hydrogen) atoms. The van der Waals surface area contributed by atoms with Crippen LogP contribution in [0.2, 0.25) is 0 Å². The van der Waals surface area contributed by atoms with Gasteiger partial charge in [-0.15, -0.1) is 0 Å². The van der Waals surface area contributed by atoms with Crippen LogP contribution >= 0.6 is 0 Å². The lowest BCUT2D eigenvalue weighted by Gasteiger charge is -2.03. The summed E-state index contributed by atoms with van der Waals surface area (Å²) in [6.45, 7) is 3.78. The summed E-state index contributed by atoms with van der Waals surface area (Å²) in [5.41, 5.74) is 3.28. The van der Waals surface area contributed by atoms with Gasteiger partial charge in [-0.1, -0.05) is 25.1 Å². The van der Waals surface area contributed by atoms with Gasteiger partial charge in [0.2, 0.25) is 0 Å². The van der Waals surface area contributed by atoms with Gasteiger partial charge in [0.25, 0.3) is 0 Å². The van der Waals surface area contributed by atoms with E-state index in [2.05, 4.69) is 6.92 Å². The lowest BCUT2D eigenvalue weighted by Crippen LogP contribution is -1.88. The molecule has 0 N–H and O–H groups in total. The molecular formula is C10H13F. The summed E-state index contributed by atoms with van der Waals surface area (Å²) in [7, 11) is 0. The number of rotatable bonds is 2. The molecule has 0 aliphatic heterocycles. The van der Waals surface area contributed by atoms with Gasteiger partial charge >= 0.3 is 0 Å². The molecule has 0 saturated heterocycles. The predicted molar refractivity (Wildman–Crippen MR) is 45.4 cm³/mol. The highest BCUT2D eigenvalue weighted by molar-refractivity contribution is 5.30. The van der Waals surface area contributed by atoms with Gasteiger partial charge in [-0.25, -0.2) is 4.39 Å². The zero-order valence-electron chi connectivity index (χ0n) is 7.02. The number of aryl methyl sites for hydroxylation is 2. The van der Waals surface area contributed by atoms with E-state index in [0.29, 0.717) is 0 Å². The Hall–Kier alpha value is -0.850. The summed E-state index contributed by atoms with van der Waals surface area (Å²) in [6, 6.07) is 5.77.